The zero-order valence-corrected chi connectivity index (χ0v) is 14.9. The van der Waals surface area contributed by atoms with Gasteiger partial charge in [-0.15, -0.1) is 11.3 Å². The Bertz CT molecular complexity index is 960. The van der Waals surface area contributed by atoms with Crippen LogP contribution in [0, 0.1) is 6.92 Å². The predicted molar refractivity (Wildman–Crippen MR) is 98.1 cm³/mol. The van der Waals surface area contributed by atoms with Gasteiger partial charge in [-0.3, -0.25) is 14.2 Å². The van der Waals surface area contributed by atoms with E-state index in [-0.39, 0.29) is 18.0 Å². The van der Waals surface area contributed by atoms with Crippen LogP contribution in [-0.2, 0) is 17.8 Å². The lowest BCUT2D eigenvalue weighted by molar-refractivity contribution is -0.116. The molecule has 0 aliphatic rings. The first kappa shape index (κ1) is 16.7. The highest BCUT2D eigenvalue weighted by Gasteiger charge is 2.14. The highest BCUT2D eigenvalue weighted by atomic mass is 35.5. The van der Waals surface area contributed by atoms with Crippen molar-refractivity contribution in [1.29, 1.82) is 0 Å². The number of aryl methyl sites for hydroxylation is 2. The number of fused-ring (bicyclic) bond motifs is 1. The third kappa shape index (κ3) is 3.34. The zero-order valence-electron chi connectivity index (χ0n) is 13.3. The van der Waals surface area contributed by atoms with E-state index in [0.29, 0.717) is 21.9 Å². The van der Waals surface area contributed by atoms with E-state index in [1.54, 1.807) is 31.2 Å². The molecule has 0 bridgehead atoms. The summed E-state index contributed by atoms with van der Waals surface area (Å²) in [7, 11) is 0. The summed E-state index contributed by atoms with van der Waals surface area (Å²) in [6.45, 7) is 3.70. The molecule has 2 aromatic heterocycles. The SMILES string of the molecule is CCc1cc2c(=O)n(CC(=O)Nc3ccc(Cl)cc3)c(C)nc2s1. The molecular weight excluding hydrogens is 346 g/mol. The molecule has 0 unspecified atom stereocenters. The number of aromatic nitrogens is 2. The molecule has 0 saturated carbocycles. The van der Waals surface area contributed by atoms with Gasteiger partial charge in [0.25, 0.3) is 5.56 Å². The van der Waals surface area contributed by atoms with Gasteiger partial charge < -0.3 is 5.32 Å². The number of nitrogens with one attached hydrogen (secondary N) is 1. The average Bonchev–Trinajstić information content (AvgIpc) is 2.97. The lowest BCUT2D eigenvalue weighted by Crippen LogP contribution is -2.29. The number of thiophene rings is 1. The summed E-state index contributed by atoms with van der Waals surface area (Å²) < 4.78 is 1.40. The summed E-state index contributed by atoms with van der Waals surface area (Å²) >= 11 is 7.34. The van der Waals surface area contributed by atoms with E-state index in [4.69, 9.17) is 11.6 Å². The van der Waals surface area contributed by atoms with Crippen molar-refractivity contribution in [3.63, 3.8) is 0 Å². The lowest BCUT2D eigenvalue weighted by Gasteiger charge is -2.10. The number of carbonyl (C=O) groups excluding carboxylic acids is 1. The molecule has 1 amide bonds. The van der Waals surface area contributed by atoms with Gasteiger partial charge in [0, 0.05) is 15.6 Å². The van der Waals surface area contributed by atoms with Gasteiger partial charge in [-0.2, -0.15) is 0 Å². The van der Waals surface area contributed by atoms with Crippen molar-refractivity contribution in [1.82, 2.24) is 9.55 Å². The second-order valence-electron chi connectivity index (χ2n) is 5.39. The normalized spacial score (nSPS) is 11.0. The first-order valence-electron chi connectivity index (χ1n) is 7.53. The molecule has 5 nitrogen and oxygen atoms in total. The van der Waals surface area contributed by atoms with E-state index in [0.717, 1.165) is 16.1 Å². The highest BCUT2D eigenvalue weighted by molar-refractivity contribution is 7.18. The van der Waals surface area contributed by atoms with Gasteiger partial charge in [-0.1, -0.05) is 18.5 Å². The maximum Gasteiger partial charge on any atom is 0.262 e. The maximum atomic E-state index is 12.6. The van der Waals surface area contributed by atoms with Crippen LogP contribution in [0.25, 0.3) is 10.2 Å². The Morgan fingerprint density at radius 2 is 2.04 bits per heavy atom. The quantitative estimate of drug-likeness (QED) is 0.771. The number of hydrogen-bond donors (Lipinski definition) is 1. The van der Waals surface area contributed by atoms with Crippen LogP contribution in [0.15, 0.2) is 35.1 Å². The summed E-state index contributed by atoms with van der Waals surface area (Å²) in [5.74, 6) is 0.248. The minimum absolute atomic E-state index is 0.0759. The van der Waals surface area contributed by atoms with Crippen LogP contribution in [0.2, 0.25) is 5.02 Å². The molecule has 7 heteroatoms. The molecule has 1 aromatic carbocycles. The summed E-state index contributed by atoms with van der Waals surface area (Å²) in [5, 5.41) is 3.92. The first-order valence-corrected chi connectivity index (χ1v) is 8.72. The molecule has 0 aliphatic carbocycles. The van der Waals surface area contributed by atoms with Crippen molar-refractivity contribution in [3.8, 4) is 0 Å². The van der Waals surface area contributed by atoms with Gasteiger partial charge >= 0.3 is 0 Å². The van der Waals surface area contributed by atoms with Crippen molar-refractivity contribution in [2.75, 3.05) is 5.32 Å². The van der Waals surface area contributed by atoms with E-state index in [1.807, 2.05) is 13.0 Å². The molecule has 2 heterocycles. The number of hydrogen-bond acceptors (Lipinski definition) is 4. The number of halogens is 1. The fourth-order valence-corrected chi connectivity index (χ4v) is 3.53. The van der Waals surface area contributed by atoms with Gasteiger partial charge in [-0.25, -0.2) is 4.98 Å². The molecule has 124 valence electrons. The number of rotatable bonds is 4. The number of nitrogens with zero attached hydrogens (tertiary/aromatic N) is 2. The zero-order chi connectivity index (χ0) is 17.3. The van der Waals surface area contributed by atoms with Crippen LogP contribution in [0.5, 0.6) is 0 Å². The first-order chi connectivity index (χ1) is 11.5. The molecule has 3 aromatic rings. The summed E-state index contributed by atoms with van der Waals surface area (Å²) in [5.41, 5.74) is 0.452. The Morgan fingerprint density at radius 1 is 1.33 bits per heavy atom. The molecule has 0 saturated heterocycles. The van der Waals surface area contributed by atoms with Crippen LogP contribution in [-0.4, -0.2) is 15.5 Å². The molecule has 24 heavy (non-hydrogen) atoms. The average molecular weight is 362 g/mol. The second-order valence-corrected chi connectivity index (χ2v) is 6.94. The van der Waals surface area contributed by atoms with Crippen molar-refractivity contribution in [2.24, 2.45) is 0 Å². The fraction of sp³-hybridized carbons (Fsp3) is 0.235. The summed E-state index contributed by atoms with van der Waals surface area (Å²) in [6.07, 6.45) is 0.858. The molecule has 0 radical (unpaired) electrons. The van der Waals surface area contributed by atoms with Crippen molar-refractivity contribution >= 4 is 44.7 Å². The number of carbonyl (C=O) groups is 1. The van der Waals surface area contributed by atoms with Gasteiger partial charge in [0.15, 0.2) is 0 Å². The van der Waals surface area contributed by atoms with Crippen molar-refractivity contribution < 1.29 is 4.79 Å². The van der Waals surface area contributed by atoms with E-state index in [9.17, 15) is 9.59 Å². The van der Waals surface area contributed by atoms with Crippen LogP contribution in [0.1, 0.15) is 17.6 Å². The molecule has 0 fully saturated rings. The Balaban J connectivity index is 1.87. The predicted octanol–water partition coefficient (Wildman–Crippen LogP) is 3.62. The Kier molecular flexibility index (Phi) is 4.69. The lowest BCUT2D eigenvalue weighted by atomic mass is 10.3. The van der Waals surface area contributed by atoms with Gasteiger partial charge in [0.2, 0.25) is 5.91 Å². The topological polar surface area (TPSA) is 64.0 Å². The number of amides is 1. The van der Waals surface area contributed by atoms with E-state index in [2.05, 4.69) is 10.3 Å². The fourth-order valence-electron chi connectivity index (χ4n) is 2.41. The third-order valence-electron chi connectivity index (χ3n) is 3.67. The number of benzene rings is 1. The largest absolute Gasteiger partial charge is 0.325 e. The maximum absolute atomic E-state index is 12.6. The van der Waals surface area contributed by atoms with Crippen LogP contribution in [0.3, 0.4) is 0 Å². The van der Waals surface area contributed by atoms with Crippen LogP contribution in [0.4, 0.5) is 5.69 Å². The molecule has 0 atom stereocenters. The Labute approximate surface area is 147 Å². The minimum atomic E-state index is -0.283. The molecular formula is C17H16ClN3O2S. The summed E-state index contributed by atoms with van der Waals surface area (Å²) in [6, 6.07) is 8.68. The van der Waals surface area contributed by atoms with E-state index < -0.39 is 0 Å². The second kappa shape index (κ2) is 6.75. The van der Waals surface area contributed by atoms with Gasteiger partial charge in [-0.05, 0) is 43.7 Å². The van der Waals surface area contributed by atoms with Crippen molar-refractivity contribution in [3.05, 3.63) is 56.4 Å². The molecule has 3 rings (SSSR count). The Morgan fingerprint density at radius 3 is 2.71 bits per heavy atom. The molecule has 1 N–H and O–H groups in total. The monoisotopic (exact) mass is 361 g/mol. The van der Waals surface area contributed by atoms with Gasteiger partial charge in [0.05, 0.1) is 5.39 Å². The molecule has 0 spiro atoms. The van der Waals surface area contributed by atoms with Crippen LogP contribution < -0.4 is 10.9 Å². The smallest absolute Gasteiger partial charge is 0.262 e. The van der Waals surface area contributed by atoms with E-state index >= 15 is 0 Å². The van der Waals surface area contributed by atoms with Crippen molar-refractivity contribution in [2.45, 2.75) is 26.8 Å². The highest BCUT2D eigenvalue weighted by Crippen LogP contribution is 2.22. The Hall–Kier alpha value is -2.18. The molecule has 0 aliphatic heterocycles. The third-order valence-corrected chi connectivity index (χ3v) is 5.10. The van der Waals surface area contributed by atoms with Crippen LogP contribution >= 0.6 is 22.9 Å². The minimum Gasteiger partial charge on any atom is -0.325 e. The standard InChI is InChI=1S/C17H16ClN3O2S/c1-3-13-8-14-16(24-13)19-10(2)21(17(14)23)9-15(22)20-12-6-4-11(18)5-7-12/h4-8H,3,9H2,1-2H3,(H,20,22). The van der Waals surface area contributed by atoms with E-state index in [1.165, 1.54) is 15.9 Å². The number of anilines is 1. The van der Waals surface area contributed by atoms with Gasteiger partial charge in [0.1, 0.15) is 17.2 Å². The summed E-state index contributed by atoms with van der Waals surface area (Å²) in [4.78, 5) is 31.2.